The van der Waals surface area contributed by atoms with Crippen molar-refractivity contribution in [3.63, 3.8) is 0 Å². The summed E-state index contributed by atoms with van der Waals surface area (Å²) in [5.74, 6) is 1.69. The fourth-order valence-corrected chi connectivity index (χ4v) is 2.07. The van der Waals surface area contributed by atoms with Crippen LogP contribution in [0.2, 0.25) is 0 Å². The summed E-state index contributed by atoms with van der Waals surface area (Å²) >= 11 is 3.33. The third-order valence-electron chi connectivity index (χ3n) is 2.93. The fourth-order valence-electron chi connectivity index (χ4n) is 1.72. The molecule has 0 spiro atoms. The van der Waals surface area contributed by atoms with Crippen LogP contribution in [-0.4, -0.2) is 4.98 Å². The van der Waals surface area contributed by atoms with E-state index in [1.165, 1.54) is 5.56 Å². The molecule has 0 amide bonds. The van der Waals surface area contributed by atoms with Gasteiger partial charge in [-0.2, -0.15) is 0 Å². The Balaban J connectivity index is 2.34. The van der Waals surface area contributed by atoms with E-state index in [9.17, 15) is 0 Å². The minimum absolute atomic E-state index is 0.437. The van der Waals surface area contributed by atoms with Crippen LogP contribution in [0.4, 0.5) is 5.69 Å². The Morgan fingerprint density at radius 1 is 1.26 bits per heavy atom. The van der Waals surface area contributed by atoms with E-state index in [0.717, 1.165) is 15.8 Å². The van der Waals surface area contributed by atoms with Crippen molar-refractivity contribution in [2.75, 3.05) is 5.73 Å². The lowest BCUT2D eigenvalue weighted by Gasteiger charge is -2.13. The van der Waals surface area contributed by atoms with E-state index in [1.807, 2.05) is 13.0 Å². The Hall–Kier alpha value is -1.55. The molecule has 0 aliphatic carbocycles. The Bertz CT molecular complexity index is 597. The molecule has 0 aliphatic rings. The monoisotopic (exact) mass is 320 g/mol. The number of hydrogen-bond donors (Lipinski definition) is 1. The van der Waals surface area contributed by atoms with Gasteiger partial charge in [-0.1, -0.05) is 26.0 Å². The number of ether oxygens (including phenoxy) is 1. The van der Waals surface area contributed by atoms with E-state index in [0.29, 0.717) is 17.5 Å². The molecule has 0 aliphatic heterocycles. The van der Waals surface area contributed by atoms with Crippen LogP contribution >= 0.6 is 15.9 Å². The van der Waals surface area contributed by atoms with Crippen LogP contribution in [0, 0.1) is 6.92 Å². The number of nitrogen functional groups attached to an aromatic ring is 1. The molecule has 2 N–H and O–H groups in total. The van der Waals surface area contributed by atoms with Crippen LogP contribution in [0.15, 0.2) is 34.9 Å². The van der Waals surface area contributed by atoms with Crippen molar-refractivity contribution in [1.29, 1.82) is 0 Å². The summed E-state index contributed by atoms with van der Waals surface area (Å²) in [6.45, 7) is 6.32. The Morgan fingerprint density at radius 3 is 2.63 bits per heavy atom. The van der Waals surface area contributed by atoms with Crippen molar-refractivity contribution in [3.8, 4) is 11.6 Å². The molecule has 0 bridgehead atoms. The third kappa shape index (κ3) is 3.26. The second-order valence-electron chi connectivity index (χ2n) is 4.83. The number of halogens is 1. The summed E-state index contributed by atoms with van der Waals surface area (Å²) in [6, 6.07) is 8.00. The normalized spacial score (nSPS) is 10.8. The lowest BCUT2D eigenvalue weighted by Crippen LogP contribution is -1.97. The molecule has 100 valence electrons. The molecule has 0 radical (unpaired) electrons. The van der Waals surface area contributed by atoms with Crippen molar-refractivity contribution in [1.82, 2.24) is 4.98 Å². The minimum Gasteiger partial charge on any atom is -0.437 e. The van der Waals surface area contributed by atoms with Gasteiger partial charge in [0.2, 0.25) is 5.88 Å². The molecular formula is C15H17BrN2O. The molecule has 0 saturated heterocycles. The summed E-state index contributed by atoms with van der Waals surface area (Å²) < 4.78 is 6.67. The Kier molecular flexibility index (Phi) is 4.10. The number of nitrogens with two attached hydrogens (primary N) is 1. The quantitative estimate of drug-likeness (QED) is 0.895. The second-order valence-corrected chi connectivity index (χ2v) is 5.75. The zero-order valence-corrected chi connectivity index (χ0v) is 12.9. The number of aryl methyl sites for hydroxylation is 1. The van der Waals surface area contributed by atoms with Gasteiger partial charge in [-0.15, -0.1) is 0 Å². The summed E-state index contributed by atoms with van der Waals surface area (Å²) in [5.41, 5.74) is 8.71. The van der Waals surface area contributed by atoms with Crippen LogP contribution in [-0.2, 0) is 0 Å². The topological polar surface area (TPSA) is 48.1 Å². The first kappa shape index (κ1) is 13.9. The predicted octanol–water partition coefficient (Wildman–Crippen LogP) is 4.65. The average Bonchev–Trinajstić information content (AvgIpc) is 2.34. The molecule has 4 heteroatoms. The molecule has 0 atom stereocenters. The van der Waals surface area contributed by atoms with Crippen molar-refractivity contribution in [2.45, 2.75) is 26.7 Å². The van der Waals surface area contributed by atoms with Gasteiger partial charge in [0.1, 0.15) is 5.75 Å². The SMILES string of the molecule is Cc1ccc(C(C)C)cc1Oc1ncc(Br)cc1N. The van der Waals surface area contributed by atoms with Crippen LogP contribution in [0.5, 0.6) is 11.6 Å². The van der Waals surface area contributed by atoms with Crippen LogP contribution in [0.1, 0.15) is 30.9 Å². The van der Waals surface area contributed by atoms with Crippen LogP contribution < -0.4 is 10.5 Å². The number of anilines is 1. The molecule has 1 aromatic heterocycles. The molecule has 0 unspecified atom stereocenters. The van der Waals surface area contributed by atoms with E-state index < -0.39 is 0 Å². The van der Waals surface area contributed by atoms with E-state index in [-0.39, 0.29) is 0 Å². The molecule has 1 aromatic carbocycles. The van der Waals surface area contributed by atoms with Gasteiger partial charge in [0, 0.05) is 10.7 Å². The maximum absolute atomic E-state index is 5.90. The van der Waals surface area contributed by atoms with E-state index in [1.54, 1.807) is 12.3 Å². The highest BCUT2D eigenvalue weighted by atomic mass is 79.9. The van der Waals surface area contributed by atoms with Gasteiger partial charge in [-0.05, 0) is 52.0 Å². The summed E-state index contributed by atoms with van der Waals surface area (Å²) in [5, 5.41) is 0. The highest BCUT2D eigenvalue weighted by molar-refractivity contribution is 9.10. The first-order chi connectivity index (χ1) is 8.97. The zero-order chi connectivity index (χ0) is 14.0. The van der Waals surface area contributed by atoms with Gasteiger partial charge in [0.25, 0.3) is 0 Å². The van der Waals surface area contributed by atoms with Gasteiger partial charge in [0.15, 0.2) is 0 Å². The molecule has 1 heterocycles. The van der Waals surface area contributed by atoms with Gasteiger partial charge in [-0.25, -0.2) is 4.98 Å². The van der Waals surface area contributed by atoms with Gasteiger partial charge < -0.3 is 10.5 Å². The Morgan fingerprint density at radius 2 is 2.00 bits per heavy atom. The van der Waals surface area contributed by atoms with Crippen molar-refractivity contribution in [2.24, 2.45) is 0 Å². The molecule has 3 nitrogen and oxygen atoms in total. The molecule has 2 aromatic rings. The number of benzene rings is 1. The first-order valence-electron chi connectivity index (χ1n) is 6.17. The summed E-state index contributed by atoms with van der Waals surface area (Å²) in [7, 11) is 0. The number of aromatic nitrogens is 1. The highest BCUT2D eigenvalue weighted by Gasteiger charge is 2.09. The average molecular weight is 321 g/mol. The lowest BCUT2D eigenvalue weighted by molar-refractivity contribution is 0.461. The predicted molar refractivity (Wildman–Crippen MR) is 81.7 cm³/mol. The first-order valence-corrected chi connectivity index (χ1v) is 6.96. The van der Waals surface area contributed by atoms with E-state index >= 15 is 0 Å². The highest BCUT2D eigenvalue weighted by Crippen LogP contribution is 2.31. The van der Waals surface area contributed by atoms with Crippen LogP contribution in [0.25, 0.3) is 0 Å². The molecule has 2 rings (SSSR count). The molecule has 0 fully saturated rings. The fraction of sp³-hybridized carbons (Fsp3) is 0.267. The second kappa shape index (κ2) is 5.61. The van der Waals surface area contributed by atoms with Gasteiger partial charge in [0.05, 0.1) is 5.69 Å². The number of pyridine rings is 1. The third-order valence-corrected chi connectivity index (χ3v) is 3.36. The Labute approximate surface area is 121 Å². The van der Waals surface area contributed by atoms with Crippen LogP contribution in [0.3, 0.4) is 0 Å². The molecule has 19 heavy (non-hydrogen) atoms. The maximum Gasteiger partial charge on any atom is 0.242 e. The van der Waals surface area contributed by atoms with E-state index in [2.05, 4.69) is 46.9 Å². The standard InChI is InChI=1S/C15H17BrN2O/c1-9(2)11-5-4-10(3)14(6-11)19-15-13(17)7-12(16)8-18-15/h4-9H,17H2,1-3H3. The van der Waals surface area contributed by atoms with E-state index in [4.69, 9.17) is 10.5 Å². The van der Waals surface area contributed by atoms with Gasteiger partial charge in [-0.3, -0.25) is 0 Å². The number of rotatable bonds is 3. The summed E-state index contributed by atoms with van der Waals surface area (Å²) in [6.07, 6.45) is 1.67. The minimum atomic E-state index is 0.437. The number of hydrogen-bond acceptors (Lipinski definition) is 3. The lowest BCUT2D eigenvalue weighted by atomic mass is 10.0. The molecular weight excluding hydrogens is 304 g/mol. The zero-order valence-electron chi connectivity index (χ0n) is 11.3. The van der Waals surface area contributed by atoms with Gasteiger partial charge >= 0.3 is 0 Å². The summed E-state index contributed by atoms with van der Waals surface area (Å²) in [4.78, 5) is 4.19. The smallest absolute Gasteiger partial charge is 0.242 e. The largest absolute Gasteiger partial charge is 0.437 e. The van der Waals surface area contributed by atoms with Crippen molar-refractivity contribution >= 4 is 21.6 Å². The maximum atomic E-state index is 5.90. The number of nitrogens with zero attached hydrogens (tertiary/aromatic N) is 1. The van der Waals surface area contributed by atoms with Crippen molar-refractivity contribution < 1.29 is 4.74 Å². The molecule has 0 saturated carbocycles. The van der Waals surface area contributed by atoms with Crippen molar-refractivity contribution in [3.05, 3.63) is 46.1 Å².